The van der Waals surface area contributed by atoms with Crippen LogP contribution in [0.3, 0.4) is 0 Å². The van der Waals surface area contributed by atoms with Crippen molar-refractivity contribution in [3.05, 3.63) is 47.1 Å². The summed E-state index contributed by atoms with van der Waals surface area (Å²) < 4.78 is 12.8. The van der Waals surface area contributed by atoms with Crippen LogP contribution in [0.25, 0.3) is 10.4 Å². The number of nitrogens with two attached hydrogens (primary N) is 1. The van der Waals surface area contributed by atoms with Crippen LogP contribution in [0.5, 0.6) is 0 Å². The molecule has 90 valence electrons. The van der Waals surface area contributed by atoms with Crippen molar-refractivity contribution in [1.29, 1.82) is 0 Å². The van der Waals surface area contributed by atoms with Crippen LogP contribution in [0, 0.1) is 5.82 Å². The van der Waals surface area contributed by atoms with Crippen molar-refractivity contribution in [2.24, 2.45) is 5.73 Å². The Morgan fingerprint density at radius 1 is 1.24 bits per heavy atom. The molecule has 0 aliphatic rings. The zero-order valence-corrected chi connectivity index (χ0v) is 10.9. The van der Waals surface area contributed by atoms with Gasteiger partial charge in [-0.3, -0.25) is 0 Å². The lowest BCUT2D eigenvalue weighted by Gasteiger charge is -2.20. The fraction of sp³-hybridized carbons (Fsp3) is 0.286. The van der Waals surface area contributed by atoms with Gasteiger partial charge in [-0.05, 0) is 34.7 Å². The first-order valence-corrected chi connectivity index (χ1v) is 6.46. The smallest absolute Gasteiger partial charge is 0.123 e. The molecule has 1 aromatic heterocycles. The number of hydrogen-bond acceptors (Lipinski definition) is 2. The number of halogens is 1. The van der Waals surface area contributed by atoms with Crippen molar-refractivity contribution in [1.82, 2.24) is 0 Å². The molecule has 0 aliphatic heterocycles. The van der Waals surface area contributed by atoms with E-state index in [1.165, 1.54) is 17.7 Å². The molecule has 0 radical (unpaired) electrons. The third-order valence-electron chi connectivity index (χ3n) is 3.02. The van der Waals surface area contributed by atoms with Crippen LogP contribution in [-0.4, -0.2) is 6.54 Å². The first-order valence-electron chi connectivity index (χ1n) is 5.58. The quantitative estimate of drug-likeness (QED) is 0.880. The van der Waals surface area contributed by atoms with Crippen molar-refractivity contribution < 1.29 is 4.39 Å². The van der Waals surface area contributed by atoms with Crippen LogP contribution in [0.4, 0.5) is 4.39 Å². The number of hydrogen-bond donors (Lipinski definition) is 1. The van der Waals surface area contributed by atoms with Gasteiger partial charge in [0.1, 0.15) is 5.82 Å². The molecule has 2 N–H and O–H groups in total. The topological polar surface area (TPSA) is 26.0 Å². The molecule has 0 bridgehead atoms. The monoisotopic (exact) mass is 249 g/mol. The highest BCUT2D eigenvalue weighted by Gasteiger charge is 2.20. The number of rotatable bonds is 3. The molecule has 0 saturated heterocycles. The molecular weight excluding hydrogens is 233 g/mol. The lowest BCUT2D eigenvalue weighted by molar-refractivity contribution is 0.541. The van der Waals surface area contributed by atoms with Gasteiger partial charge in [0.05, 0.1) is 0 Å². The second-order valence-electron chi connectivity index (χ2n) is 4.79. The predicted octanol–water partition coefficient (Wildman–Crippen LogP) is 3.79. The van der Waals surface area contributed by atoms with Gasteiger partial charge in [0, 0.05) is 16.8 Å². The third-order valence-corrected chi connectivity index (χ3v) is 4.00. The minimum Gasteiger partial charge on any atom is -0.330 e. The lowest BCUT2D eigenvalue weighted by atomic mass is 9.86. The summed E-state index contributed by atoms with van der Waals surface area (Å²) in [5.41, 5.74) is 8.05. The number of benzene rings is 1. The Morgan fingerprint density at radius 2 is 1.88 bits per heavy atom. The summed E-state index contributed by atoms with van der Waals surface area (Å²) in [6.07, 6.45) is 0. The summed E-state index contributed by atoms with van der Waals surface area (Å²) in [7, 11) is 0. The Morgan fingerprint density at radius 3 is 2.47 bits per heavy atom. The van der Waals surface area contributed by atoms with E-state index in [0.29, 0.717) is 6.54 Å². The molecular formula is C14H16FNS. The molecule has 1 aromatic carbocycles. The SMILES string of the molecule is CC(C)(CN)c1csc(-c2ccc(F)cc2)c1. The summed E-state index contributed by atoms with van der Waals surface area (Å²) in [6.45, 7) is 4.87. The maximum absolute atomic E-state index is 12.8. The number of thiophene rings is 1. The van der Waals surface area contributed by atoms with Crippen molar-refractivity contribution in [3.63, 3.8) is 0 Å². The van der Waals surface area contributed by atoms with E-state index in [1.807, 2.05) is 0 Å². The Labute approximate surface area is 105 Å². The second-order valence-corrected chi connectivity index (χ2v) is 5.71. The van der Waals surface area contributed by atoms with E-state index < -0.39 is 0 Å². The van der Waals surface area contributed by atoms with E-state index in [4.69, 9.17) is 5.73 Å². The molecule has 0 unspecified atom stereocenters. The zero-order chi connectivity index (χ0) is 12.5. The summed E-state index contributed by atoms with van der Waals surface area (Å²) in [4.78, 5) is 1.15. The van der Waals surface area contributed by atoms with Crippen LogP contribution in [0.2, 0.25) is 0 Å². The minimum absolute atomic E-state index is 0.00518. The first-order chi connectivity index (χ1) is 8.03. The van der Waals surface area contributed by atoms with Crippen LogP contribution in [0.15, 0.2) is 35.7 Å². The fourth-order valence-corrected chi connectivity index (χ4v) is 2.68. The average molecular weight is 249 g/mol. The Balaban J connectivity index is 2.33. The van der Waals surface area contributed by atoms with E-state index in [2.05, 4.69) is 25.3 Å². The molecule has 0 amide bonds. The fourth-order valence-electron chi connectivity index (χ4n) is 1.57. The van der Waals surface area contributed by atoms with Crippen LogP contribution in [0.1, 0.15) is 19.4 Å². The van der Waals surface area contributed by atoms with Gasteiger partial charge in [0.2, 0.25) is 0 Å². The van der Waals surface area contributed by atoms with E-state index in [1.54, 1.807) is 23.5 Å². The summed E-state index contributed by atoms with van der Waals surface area (Å²) in [5, 5.41) is 2.13. The molecule has 0 saturated carbocycles. The first kappa shape index (κ1) is 12.3. The molecule has 2 aromatic rings. The van der Waals surface area contributed by atoms with E-state index >= 15 is 0 Å². The maximum Gasteiger partial charge on any atom is 0.123 e. The van der Waals surface area contributed by atoms with E-state index in [9.17, 15) is 4.39 Å². The highest BCUT2D eigenvalue weighted by Crippen LogP contribution is 2.32. The van der Waals surface area contributed by atoms with Crippen molar-refractivity contribution in [2.75, 3.05) is 6.54 Å². The zero-order valence-electron chi connectivity index (χ0n) is 10.0. The predicted molar refractivity (Wildman–Crippen MR) is 71.8 cm³/mol. The Bertz CT molecular complexity index is 499. The third kappa shape index (κ3) is 2.56. The molecule has 0 aliphatic carbocycles. The van der Waals surface area contributed by atoms with Gasteiger partial charge < -0.3 is 5.73 Å². The average Bonchev–Trinajstić information content (AvgIpc) is 2.80. The van der Waals surface area contributed by atoms with Gasteiger partial charge in [0.25, 0.3) is 0 Å². The highest BCUT2D eigenvalue weighted by atomic mass is 32.1. The molecule has 1 heterocycles. The Kier molecular flexibility index (Phi) is 3.31. The van der Waals surface area contributed by atoms with Gasteiger partial charge >= 0.3 is 0 Å². The van der Waals surface area contributed by atoms with Gasteiger partial charge in [-0.2, -0.15) is 0 Å². The van der Waals surface area contributed by atoms with E-state index in [0.717, 1.165) is 10.4 Å². The van der Waals surface area contributed by atoms with Gasteiger partial charge in [-0.25, -0.2) is 4.39 Å². The van der Waals surface area contributed by atoms with Crippen LogP contribution < -0.4 is 5.73 Å². The molecule has 0 atom stereocenters. The second kappa shape index (κ2) is 4.59. The minimum atomic E-state index is -0.201. The molecule has 0 fully saturated rings. The summed E-state index contributed by atoms with van der Waals surface area (Å²) >= 11 is 1.67. The Hall–Kier alpha value is -1.19. The van der Waals surface area contributed by atoms with Gasteiger partial charge in [-0.1, -0.05) is 26.0 Å². The van der Waals surface area contributed by atoms with Gasteiger partial charge in [0.15, 0.2) is 0 Å². The molecule has 3 heteroatoms. The molecule has 17 heavy (non-hydrogen) atoms. The van der Waals surface area contributed by atoms with E-state index in [-0.39, 0.29) is 11.2 Å². The van der Waals surface area contributed by atoms with Crippen molar-refractivity contribution >= 4 is 11.3 Å². The lowest BCUT2D eigenvalue weighted by Crippen LogP contribution is -2.27. The van der Waals surface area contributed by atoms with Crippen LogP contribution in [-0.2, 0) is 5.41 Å². The molecule has 0 spiro atoms. The van der Waals surface area contributed by atoms with Crippen LogP contribution >= 0.6 is 11.3 Å². The summed E-state index contributed by atoms with van der Waals surface area (Å²) in [5.74, 6) is -0.201. The van der Waals surface area contributed by atoms with Crippen molar-refractivity contribution in [2.45, 2.75) is 19.3 Å². The maximum atomic E-state index is 12.8. The molecule has 1 nitrogen and oxygen atoms in total. The van der Waals surface area contributed by atoms with Crippen molar-refractivity contribution in [3.8, 4) is 10.4 Å². The molecule has 2 rings (SSSR count). The van der Waals surface area contributed by atoms with Gasteiger partial charge in [-0.15, -0.1) is 11.3 Å². The standard InChI is InChI=1S/C14H16FNS/c1-14(2,9-16)11-7-13(17-8-11)10-3-5-12(15)6-4-10/h3-8H,9,16H2,1-2H3. The normalized spacial score (nSPS) is 11.8. The largest absolute Gasteiger partial charge is 0.330 e. The highest BCUT2D eigenvalue weighted by molar-refractivity contribution is 7.13. The summed E-state index contributed by atoms with van der Waals surface area (Å²) in [6, 6.07) is 8.73.